The molecule has 0 saturated heterocycles. The van der Waals surface area contributed by atoms with Crippen molar-refractivity contribution in [2.45, 2.75) is 32.4 Å². The third-order valence-electron chi connectivity index (χ3n) is 5.36. The SMILES string of the molecule is CCN(CC)C(=O)C[C@H]1c2ccccc2[C@@H]2c3ccccc3OS(=O)(=O)N21. The number of carbonyl (C=O) groups is 1. The Morgan fingerprint density at radius 3 is 2.26 bits per heavy atom. The summed E-state index contributed by atoms with van der Waals surface area (Å²) in [5, 5.41) is 0. The summed E-state index contributed by atoms with van der Waals surface area (Å²) in [6.07, 6.45) is 0.0972. The van der Waals surface area contributed by atoms with Gasteiger partial charge < -0.3 is 9.08 Å². The number of nitrogens with zero attached hydrogens (tertiary/aromatic N) is 2. The minimum absolute atomic E-state index is 0.0606. The van der Waals surface area contributed by atoms with Gasteiger partial charge in [0.2, 0.25) is 5.91 Å². The second kappa shape index (κ2) is 6.65. The molecule has 2 aromatic carbocycles. The smallest absolute Gasteiger partial charge is 0.370 e. The molecule has 2 atom stereocenters. The van der Waals surface area contributed by atoms with E-state index in [1.807, 2.05) is 50.2 Å². The van der Waals surface area contributed by atoms with E-state index in [4.69, 9.17) is 4.18 Å². The highest BCUT2D eigenvalue weighted by atomic mass is 32.2. The zero-order valence-electron chi connectivity index (χ0n) is 15.3. The minimum atomic E-state index is -4.01. The van der Waals surface area contributed by atoms with E-state index in [1.54, 1.807) is 17.0 Å². The molecule has 0 bridgehead atoms. The normalized spacial score (nSPS) is 22.3. The van der Waals surface area contributed by atoms with Gasteiger partial charge in [-0.15, -0.1) is 4.31 Å². The summed E-state index contributed by atoms with van der Waals surface area (Å²) in [5.74, 6) is 0.291. The van der Waals surface area contributed by atoms with Crippen molar-refractivity contribution in [3.05, 3.63) is 65.2 Å². The summed E-state index contributed by atoms with van der Waals surface area (Å²) in [6, 6.07) is 13.8. The van der Waals surface area contributed by atoms with Crippen molar-refractivity contribution in [3.63, 3.8) is 0 Å². The summed E-state index contributed by atoms with van der Waals surface area (Å²) in [5.41, 5.74) is 2.58. The molecule has 4 rings (SSSR count). The second-order valence-electron chi connectivity index (χ2n) is 6.73. The lowest BCUT2D eigenvalue weighted by atomic mass is 9.96. The van der Waals surface area contributed by atoms with E-state index in [0.717, 1.165) is 16.7 Å². The first-order chi connectivity index (χ1) is 13.0. The molecule has 0 radical (unpaired) electrons. The van der Waals surface area contributed by atoms with Crippen molar-refractivity contribution in [2.75, 3.05) is 13.1 Å². The largest absolute Gasteiger partial charge is 0.386 e. The van der Waals surface area contributed by atoms with Crippen LogP contribution in [-0.2, 0) is 15.1 Å². The predicted molar refractivity (Wildman–Crippen MR) is 101 cm³/mol. The van der Waals surface area contributed by atoms with Crippen molar-refractivity contribution in [1.29, 1.82) is 0 Å². The van der Waals surface area contributed by atoms with Crippen LogP contribution in [0.2, 0.25) is 0 Å². The van der Waals surface area contributed by atoms with Gasteiger partial charge in [-0.2, -0.15) is 8.42 Å². The van der Waals surface area contributed by atoms with Crippen molar-refractivity contribution in [1.82, 2.24) is 9.21 Å². The number of fused-ring (bicyclic) bond motifs is 5. The van der Waals surface area contributed by atoms with Crippen LogP contribution in [0, 0.1) is 0 Å². The molecule has 2 aliphatic rings. The number of benzene rings is 2. The first-order valence-electron chi connectivity index (χ1n) is 9.16. The predicted octanol–water partition coefficient (Wildman–Crippen LogP) is 3.03. The Bertz CT molecular complexity index is 985. The van der Waals surface area contributed by atoms with Crippen LogP contribution in [0.4, 0.5) is 0 Å². The lowest BCUT2D eigenvalue weighted by Crippen LogP contribution is -2.42. The molecule has 2 aliphatic heterocycles. The van der Waals surface area contributed by atoms with Gasteiger partial charge in [-0.1, -0.05) is 42.5 Å². The minimum Gasteiger partial charge on any atom is -0.370 e. The van der Waals surface area contributed by atoms with Gasteiger partial charge in [0.25, 0.3) is 0 Å². The monoisotopic (exact) mass is 386 g/mol. The number of rotatable bonds is 4. The van der Waals surface area contributed by atoms with Crippen LogP contribution in [0.5, 0.6) is 5.75 Å². The maximum Gasteiger partial charge on any atom is 0.386 e. The Morgan fingerprint density at radius 1 is 1.00 bits per heavy atom. The highest BCUT2D eigenvalue weighted by Crippen LogP contribution is 2.53. The van der Waals surface area contributed by atoms with Crippen molar-refractivity contribution >= 4 is 16.2 Å². The highest BCUT2D eigenvalue weighted by Gasteiger charge is 2.51. The van der Waals surface area contributed by atoms with Crippen LogP contribution in [0.15, 0.2) is 48.5 Å². The van der Waals surface area contributed by atoms with Gasteiger partial charge in [0, 0.05) is 25.1 Å². The average molecular weight is 386 g/mol. The van der Waals surface area contributed by atoms with E-state index < -0.39 is 22.4 Å². The molecule has 2 heterocycles. The van der Waals surface area contributed by atoms with Crippen LogP contribution in [0.25, 0.3) is 0 Å². The van der Waals surface area contributed by atoms with Gasteiger partial charge in [-0.3, -0.25) is 4.79 Å². The highest BCUT2D eigenvalue weighted by molar-refractivity contribution is 7.84. The fourth-order valence-electron chi connectivity index (χ4n) is 4.12. The van der Waals surface area contributed by atoms with Gasteiger partial charge >= 0.3 is 10.3 Å². The van der Waals surface area contributed by atoms with Crippen LogP contribution < -0.4 is 4.18 Å². The number of amides is 1. The topological polar surface area (TPSA) is 66.9 Å². The van der Waals surface area contributed by atoms with Gasteiger partial charge in [-0.05, 0) is 31.0 Å². The second-order valence-corrected chi connectivity index (χ2v) is 8.17. The van der Waals surface area contributed by atoms with Crippen LogP contribution in [0.1, 0.15) is 49.0 Å². The third kappa shape index (κ3) is 2.82. The molecule has 0 saturated carbocycles. The zero-order chi connectivity index (χ0) is 19.2. The Kier molecular flexibility index (Phi) is 4.44. The van der Waals surface area contributed by atoms with Crippen molar-refractivity contribution in [2.24, 2.45) is 0 Å². The maximum absolute atomic E-state index is 13.0. The van der Waals surface area contributed by atoms with E-state index in [-0.39, 0.29) is 12.3 Å². The number of para-hydroxylation sites is 1. The standard InChI is InChI=1S/C20H22N2O4S/c1-3-21(4-2)19(23)13-17-14-9-5-6-10-15(14)20-16-11-7-8-12-18(16)26-27(24,25)22(17)20/h5-12,17,20H,3-4,13H2,1-2H3/t17-,20+/m0/s1. The van der Waals surface area contributed by atoms with E-state index in [1.165, 1.54) is 4.31 Å². The molecule has 6 nitrogen and oxygen atoms in total. The van der Waals surface area contributed by atoms with Crippen LogP contribution in [0.3, 0.4) is 0 Å². The van der Waals surface area contributed by atoms with Crippen molar-refractivity contribution in [3.8, 4) is 5.75 Å². The summed E-state index contributed by atoms with van der Waals surface area (Å²) in [6.45, 7) is 5.03. The number of hydrogen-bond acceptors (Lipinski definition) is 4. The molecule has 0 fully saturated rings. The summed E-state index contributed by atoms with van der Waals surface area (Å²) in [7, 11) is -4.01. The summed E-state index contributed by atoms with van der Waals surface area (Å²) in [4.78, 5) is 14.5. The number of carbonyl (C=O) groups excluding carboxylic acids is 1. The van der Waals surface area contributed by atoms with Crippen LogP contribution in [-0.4, -0.2) is 36.6 Å². The fourth-order valence-corrected chi connectivity index (χ4v) is 5.57. The zero-order valence-corrected chi connectivity index (χ0v) is 16.1. The molecule has 0 aliphatic carbocycles. The van der Waals surface area contributed by atoms with Gasteiger partial charge in [0.15, 0.2) is 0 Å². The average Bonchev–Trinajstić information content (AvgIpc) is 2.98. The Morgan fingerprint density at radius 2 is 1.59 bits per heavy atom. The van der Waals surface area contributed by atoms with E-state index in [9.17, 15) is 13.2 Å². The first kappa shape index (κ1) is 18.0. The molecule has 1 amide bonds. The maximum atomic E-state index is 13.0. The lowest BCUT2D eigenvalue weighted by molar-refractivity contribution is -0.131. The Hall–Kier alpha value is -2.38. The van der Waals surface area contributed by atoms with E-state index >= 15 is 0 Å². The molecule has 0 aromatic heterocycles. The molecule has 7 heteroatoms. The van der Waals surface area contributed by atoms with E-state index in [2.05, 4.69) is 0 Å². The Labute approximate surface area is 159 Å². The summed E-state index contributed by atoms with van der Waals surface area (Å²) < 4.78 is 32.7. The van der Waals surface area contributed by atoms with E-state index in [0.29, 0.717) is 18.8 Å². The summed E-state index contributed by atoms with van der Waals surface area (Å²) >= 11 is 0. The van der Waals surface area contributed by atoms with Gasteiger partial charge in [-0.25, -0.2) is 0 Å². The first-order valence-corrected chi connectivity index (χ1v) is 10.5. The quantitative estimate of drug-likeness (QED) is 0.810. The van der Waals surface area contributed by atoms with Gasteiger partial charge in [0.1, 0.15) is 5.75 Å². The van der Waals surface area contributed by atoms with Crippen molar-refractivity contribution < 1.29 is 17.4 Å². The molecule has 2 aromatic rings. The lowest BCUT2D eigenvalue weighted by Gasteiger charge is -2.34. The third-order valence-corrected chi connectivity index (χ3v) is 6.73. The molecule has 0 N–H and O–H groups in total. The fraction of sp³-hybridized carbons (Fsp3) is 0.350. The number of hydrogen-bond donors (Lipinski definition) is 0. The molecule has 0 spiro atoms. The molecule has 27 heavy (non-hydrogen) atoms. The molecular weight excluding hydrogens is 364 g/mol. The molecule has 142 valence electrons. The van der Waals surface area contributed by atoms with Crippen LogP contribution >= 0.6 is 0 Å². The van der Waals surface area contributed by atoms with Gasteiger partial charge in [0.05, 0.1) is 12.1 Å². The molecular formula is C20H22N2O4S. The Balaban J connectivity index is 1.84. The molecule has 0 unspecified atom stereocenters.